The van der Waals surface area contributed by atoms with Crippen LogP contribution in [0, 0.1) is 0 Å². The van der Waals surface area contributed by atoms with Crippen LogP contribution in [0.3, 0.4) is 0 Å². The van der Waals surface area contributed by atoms with E-state index in [1.807, 2.05) is 41.2 Å². The highest BCUT2D eigenvalue weighted by Crippen LogP contribution is 2.08. The highest BCUT2D eigenvalue weighted by Gasteiger charge is 2.32. The van der Waals surface area contributed by atoms with Crippen molar-refractivity contribution in [3.05, 3.63) is 0 Å². The summed E-state index contributed by atoms with van der Waals surface area (Å²) in [4.78, 5) is 0. The monoisotopic (exact) mass is 326 g/mol. The van der Waals surface area contributed by atoms with Crippen LogP contribution >= 0.6 is 0 Å². The summed E-state index contributed by atoms with van der Waals surface area (Å²) in [7, 11) is -2.39. The quantitative estimate of drug-likeness (QED) is 0.430. The second-order valence-electron chi connectivity index (χ2n) is 3.91. The van der Waals surface area contributed by atoms with Gasteiger partial charge in [-0.2, -0.15) is 0 Å². The number of ether oxygens (including phenoxy) is 2. The third kappa shape index (κ3) is 13.2. The largest absolute Gasteiger partial charge is 0.497 e. The summed E-state index contributed by atoms with van der Waals surface area (Å²) in [6, 6.07) is 0. The lowest BCUT2D eigenvalue weighted by Gasteiger charge is -2.23. The number of rotatable bonds is 11. The second-order valence-corrected chi connectivity index (χ2v) is 7.98. The van der Waals surface area contributed by atoms with Crippen molar-refractivity contribution in [1.29, 1.82) is 0 Å². The molecular formula is C13H34O5Si2. The highest BCUT2D eigenvalue weighted by atomic mass is 28.4. The summed E-state index contributed by atoms with van der Waals surface area (Å²) in [6.45, 7) is 17.5. The molecular weight excluding hydrogens is 292 g/mol. The molecule has 7 heteroatoms. The van der Waals surface area contributed by atoms with E-state index < -0.39 is 8.80 Å². The van der Waals surface area contributed by atoms with Gasteiger partial charge in [-0.1, -0.05) is 6.55 Å². The molecule has 0 aromatic heterocycles. The van der Waals surface area contributed by atoms with E-state index in [1.165, 1.54) is 0 Å². The van der Waals surface area contributed by atoms with Crippen molar-refractivity contribution in [2.45, 2.75) is 53.6 Å². The maximum Gasteiger partial charge on any atom is 0.497 e. The van der Waals surface area contributed by atoms with Crippen LogP contribution in [0.5, 0.6) is 0 Å². The van der Waals surface area contributed by atoms with Crippen LogP contribution in [-0.2, 0) is 22.8 Å². The van der Waals surface area contributed by atoms with Gasteiger partial charge in [0.05, 0.1) is 9.52 Å². The lowest BCUT2D eigenvalue weighted by atomic mass is 10.9. The fourth-order valence-electron chi connectivity index (χ4n) is 1.57. The fourth-order valence-corrected chi connectivity index (χ4v) is 4.33. The first-order chi connectivity index (χ1) is 9.53. The minimum absolute atomic E-state index is 0.138. The Morgan fingerprint density at radius 1 is 0.750 bits per heavy atom. The molecule has 0 saturated carbocycles. The van der Waals surface area contributed by atoms with Crippen molar-refractivity contribution < 1.29 is 22.8 Å². The van der Waals surface area contributed by atoms with Crippen LogP contribution in [0.1, 0.15) is 34.6 Å². The van der Waals surface area contributed by atoms with Crippen molar-refractivity contribution in [3.8, 4) is 0 Å². The normalized spacial score (nSPS) is 12.0. The average Bonchev–Trinajstić information content (AvgIpc) is 2.40. The van der Waals surface area contributed by atoms with Crippen molar-refractivity contribution in [3.63, 3.8) is 0 Å². The Labute approximate surface area is 128 Å². The van der Waals surface area contributed by atoms with Gasteiger partial charge in [-0.3, -0.25) is 0 Å². The van der Waals surface area contributed by atoms with E-state index in [1.54, 1.807) is 0 Å². The second kappa shape index (κ2) is 15.6. The number of hydrogen-bond donors (Lipinski definition) is 0. The molecule has 0 aromatic carbocycles. The summed E-state index contributed by atoms with van der Waals surface area (Å²) in [6.07, 6.45) is 0. The molecule has 0 bridgehead atoms. The molecule has 0 aromatic rings. The Hall–Kier alpha value is 0.234. The highest BCUT2D eigenvalue weighted by molar-refractivity contribution is 6.59. The molecule has 0 aliphatic heterocycles. The van der Waals surface area contributed by atoms with Crippen LogP contribution in [0.15, 0.2) is 0 Å². The fraction of sp³-hybridized carbons (Fsp3) is 1.00. The standard InChI is InChI=1S/C7H18O3Si.C6H16O2Si/c1-5-8-11(4,9-6-2)10-7-3;1-4-7-6(9-3)8-5-2/h5-7H2,1-4H3;6H,4-5,9H2,1-3H3. The molecule has 0 fully saturated rings. The first-order valence-electron chi connectivity index (χ1n) is 7.68. The molecule has 0 heterocycles. The van der Waals surface area contributed by atoms with Gasteiger partial charge in [0.25, 0.3) is 0 Å². The van der Waals surface area contributed by atoms with E-state index in [0.717, 1.165) is 13.2 Å². The minimum atomic E-state index is -2.25. The Bertz CT molecular complexity index is 173. The van der Waals surface area contributed by atoms with E-state index >= 15 is 0 Å². The van der Waals surface area contributed by atoms with Gasteiger partial charge < -0.3 is 22.8 Å². The Kier molecular flexibility index (Phi) is 17.6. The lowest BCUT2D eigenvalue weighted by molar-refractivity contribution is -0.0823. The Morgan fingerprint density at radius 3 is 1.30 bits per heavy atom. The maximum absolute atomic E-state index is 5.40. The molecule has 5 nitrogen and oxygen atoms in total. The summed E-state index contributed by atoms with van der Waals surface area (Å²) >= 11 is 0. The Morgan fingerprint density at radius 2 is 1.10 bits per heavy atom. The van der Waals surface area contributed by atoms with E-state index in [0.29, 0.717) is 19.8 Å². The molecule has 0 aliphatic rings. The molecule has 0 radical (unpaired) electrons. The molecule has 0 aliphatic carbocycles. The molecule has 0 N–H and O–H groups in total. The third-order valence-corrected chi connectivity index (χ3v) is 5.84. The van der Waals surface area contributed by atoms with E-state index in [-0.39, 0.29) is 15.4 Å². The zero-order valence-corrected chi connectivity index (χ0v) is 16.8. The third-order valence-electron chi connectivity index (χ3n) is 2.26. The molecule has 124 valence electrons. The van der Waals surface area contributed by atoms with Crippen LogP contribution in [0.2, 0.25) is 13.1 Å². The smallest absolute Gasteiger partial charge is 0.374 e. The van der Waals surface area contributed by atoms with Gasteiger partial charge in [0.15, 0.2) is 0 Å². The average molecular weight is 327 g/mol. The van der Waals surface area contributed by atoms with Crippen molar-refractivity contribution in [2.75, 3.05) is 33.0 Å². The minimum Gasteiger partial charge on any atom is -0.374 e. The van der Waals surface area contributed by atoms with Crippen LogP contribution in [-0.4, -0.2) is 57.3 Å². The summed E-state index contributed by atoms with van der Waals surface area (Å²) in [5.41, 5.74) is 0. The van der Waals surface area contributed by atoms with E-state index in [4.69, 9.17) is 22.8 Å². The molecule has 0 saturated heterocycles. The molecule has 20 heavy (non-hydrogen) atoms. The summed E-state index contributed by atoms with van der Waals surface area (Å²) < 4.78 is 26.8. The summed E-state index contributed by atoms with van der Waals surface area (Å²) in [5.74, 6) is 0.153. The topological polar surface area (TPSA) is 46.2 Å². The van der Waals surface area contributed by atoms with E-state index in [9.17, 15) is 0 Å². The van der Waals surface area contributed by atoms with Crippen LogP contribution in [0.4, 0.5) is 0 Å². The lowest BCUT2D eigenvalue weighted by Crippen LogP contribution is -2.42. The Balaban J connectivity index is 0. The van der Waals surface area contributed by atoms with Gasteiger partial charge in [0, 0.05) is 39.6 Å². The molecule has 0 spiro atoms. The van der Waals surface area contributed by atoms with Crippen molar-refractivity contribution >= 4 is 18.3 Å². The van der Waals surface area contributed by atoms with Crippen molar-refractivity contribution in [1.82, 2.24) is 0 Å². The molecule has 0 unspecified atom stereocenters. The van der Waals surface area contributed by atoms with Gasteiger partial charge in [-0.05, 0) is 34.6 Å². The molecule has 0 atom stereocenters. The zero-order chi connectivity index (χ0) is 15.9. The SMILES string of the molecule is CCOC(OCC)[SiH2]C.CCO[Si](C)(OCC)OCC. The predicted molar refractivity (Wildman–Crippen MR) is 87.9 cm³/mol. The van der Waals surface area contributed by atoms with Gasteiger partial charge in [0.1, 0.15) is 5.91 Å². The van der Waals surface area contributed by atoms with Gasteiger partial charge in [0.2, 0.25) is 0 Å². The summed E-state index contributed by atoms with van der Waals surface area (Å²) in [5, 5.41) is 0. The van der Waals surface area contributed by atoms with Gasteiger partial charge >= 0.3 is 8.80 Å². The van der Waals surface area contributed by atoms with Gasteiger partial charge in [-0.15, -0.1) is 0 Å². The number of hydrogen-bond acceptors (Lipinski definition) is 5. The zero-order valence-electron chi connectivity index (χ0n) is 14.4. The van der Waals surface area contributed by atoms with Crippen LogP contribution in [0.25, 0.3) is 0 Å². The van der Waals surface area contributed by atoms with Crippen LogP contribution < -0.4 is 0 Å². The van der Waals surface area contributed by atoms with Crippen molar-refractivity contribution in [2.24, 2.45) is 0 Å². The molecule has 0 amide bonds. The maximum atomic E-state index is 5.40. The first kappa shape index (κ1) is 22.5. The van der Waals surface area contributed by atoms with Gasteiger partial charge in [-0.25, -0.2) is 0 Å². The predicted octanol–water partition coefficient (Wildman–Crippen LogP) is 2.22. The first-order valence-corrected chi connectivity index (χ1v) is 12.1. The molecule has 0 rings (SSSR count). The van der Waals surface area contributed by atoms with E-state index in [2.05, 4.69) is 6.55 Å².